The molecule has 0 heterocycles. The third kappa shape index (κ3) is 4.47. The highest BCUT2D eigenvalue weighted by Gasteiger charge is 2.68. The number of ketones is 2. The number of aliphatic hydroxyl groups is 4. The Morgan fingerprint density at radius 3 is 2.49 bits per heavy atom. The molecule has 0 aliphatic heterocycles. The van der Waals surface area contributed by atoms with Crippen molar-refractivity contribution >= 4 is 40.2 Å². The van der Waals surface area contributed by atoms with E-state index in [2.05, 4.69) is 5.32 Å². The summed E-state index contributed by atoms with van der Waals surface area (Å²) in [6, 6.07) is 7.86. The number of allylic oxidation sites excluding steroid dienone is 3. The van der Waals surface area contributed by atoms with Crippen molar-refractivity contribution < 1.29 is 44.8 Å². The lowest BCUT2D eigenvalue weighted by Crippen LogP contribution is -2.70. The third-order valence-electron chi connectivity index (χ3n) is 9.69. The number of fused-ring (bicyclic) bond motifs is 3. The van der Waals surface area contributed by atoms with Crippen molar-refractivity contribution in [1.29, 1.82) is 0 Å². The SMILES string of the molecule is C[C@H]1c2ccc(NC3=CC(c4cccc([N+](=O)[O-])c4)=CC3)c(O)c2C(O)=C2C(=O)[C@]3(O)C(O)=C(C(N)=O)C(=O)[C@@H](N(C)C)[C@@H]3[C@@H](O)[C@@H]21. The minimum absolute atomic E-state index is 0.0634. The first kappa shape index (κ1) is 31.7. The second-order valence-electron chi connectivity index (χ2n) is 12.4. The number of hydrogen-bond acceptors (Lipinski definition) is 12. The van der Waals surface area contributed by atoms with Crippen LogP contribution in [-0.4, -0.2) is 84.7 Å². The normalized spacial score (nSPS) is 28.4. The summed E-state index contributed by atoms with van der Waals surface area (Å²) in [7, 11) is 2.89. The van der Waals surface area contributed by atoms with Crippen LogP contribution < -0.4 is 11.1 Å². The number of nitro benzene ring substituents is 1. The Bertz CT molecular complexity index is 1930. The van der Waals surface area contributed by atoms with E-state index in [9.17, 15) is 50.0 Å². The summed E-state index contributed by atoms with van der Waals surface area (Å²) in [5, 5.41) is 72.0. The van der Waals surface area contributed by atoms with Gasteiger partial charge in [0.05, 0.1) is 34.2 Å². The van der Waals surface area contributed by atoms with E-state index in [1.165, 1.54) is 31.1 Å². The van der Waals surface area contributed by atoms with E-state index in [0.717, 1.165) is 0 Å². The molecule has 2 aromatic carbocycles. The lowest BCUT2D eigenvalue weighted by Gasteiger charge is -2.53. The fourth-order valence-electron chi connectivity index (χ4n) is 7.50. The maximum atomic E-state index is 14.2. The molecule has 0 saturated heterocycles. The fourth-order valence-corrected chi connectivity index (χ4v) is 7.50. The topological polar surface area (TPSA) is 237 Å². The van der Waals surface area contributed by atoms with Gasteiger partial charge in [0.25, 0.3) is 11.6 Å². The Morgan fingerprint density at radius 2 is 1.85 bits per heavy atom. The molecule has 0 unspecified atom stereocenters. The van der Waals surface area contributed by atoms with Crippen LogP contribution in [0.25, 0.3) is 11.3 Å². The first-order chi connectivity index (χ1) is 22.1. The van der Waals surface area contributed by atoms with Gasteiger partial charge in [0.2, 0.25) is 5.78 Å². The van der Waals surface area contributed by atoms with Crippen LogP contribution in [0.4, 0.5) is 11.4 Å². The Morgan fingerprint density at radius 1 is 1.15 bits per heavy atom. The van der Waals surface area contributed by atoms with Gasteiger partial charge in [-0.2, -0.15) is 0 Å². The summed E-state index contributed by atoms with van der Waals surface area (Å²) in [4.78, 5) is 51.7. The number of phenols is 1. The van der Waals surface area contributed by atoms with Crippen LogP contribution in [0.3, 0.4) is 0 Å². The molecule has 1 fully saturated rings. The summed E-state index contributed by atoms with van der Waals surface area (Å²) in [5.41, 5.74) is 3.16. The number of aliphatic hydroxyl groups excluding tert-OH is 3. The second-order valence-corrected chi connectivity index (χ2v) is 12.4. The van der Waals surface area contributed by atoms with Crippen LogP contribution >= 0.6 is 0 Å². The van der Waals surface area contributed by atoms with Crippen molar-refractivity contribution in [2.75, 3.05) is 19.4 Å². The number of nitro groups is 1. The van der Waals surface area contributed by atoms with E-state index in [0.29, 0.717) is 28.8 Å². The Kier molecular flexibility index (Phi) is 7.34. The molecule has 6 rings (SSSR count). The van der Waals surface area contributed by atoms with Crippen molar-refractivity contribution in [2.45, 2.75) is 37.0 Å². The number of primary amides is 1. The van der Waals surface area contributed by atoms with E-state index in [4.69, 9.17) is 5.73 Å². The molecule has 4 aliphatic carbocycles. The van der Waals surface area contributed by atoms with Crippen LogP contribution in [0.15, 0.2) is 71.2 Å². The zero-order valence-electron chi connectivity index (χ0n) is 25.5. The number of nitrogens with one attached hydrogen (secondary N) is 1. The average molecular weight is 645 g/mol. The summed E-state index contributed by atoms with van der Waals surface area (Å²) >= 11 is 0. The van der Waals surface area contributed by atoms with E-state index >= 15 is 0 Å². The molecule has 14 heteroatoms. The van der Waals surface area contributed by atoms with Crippen LogP contribution in [0.5, 0.6) is 5.75 Å². The zero-order valence-corrected chi connectivity index (χ0v) is 25.5. The monoisotopic (exact) mass is 644 g/mol. The molecule has 0 bridgehead atoms. The van der Waals surface area contributed by atoms with Gasteiger partial charge >= 0.3 is 0 Å². The maximum Gasteiger partial charge on any atom is 0.270 e. The number of rotatable bonds is 6. The number of phenolic OH excluding ortho intramolecular Hbond substituents is 1. The Hall–Kier alpha value is -5.31. The quantitative estimate of drug-likeness (QED) is 0.104. The average Bonchev–Trinajstić information content (AvgIpc) is 3.48. The molecule has 2 aromatic rings. The third-order valence-corrected chi connectivity index (χ3v) is 9.69. The molecule has 0 radical (unpaired) electrons. The summed E-state index contributed by atoms with van der Waals surface area (Å²) in [6.45, 7) is 1.65. The van der Waals surface area contributed by atoms with Gasteiger partial charge in [-0.15, -0.1) is 0 Å². The van der Waals surface area contributed by atoms with Crippen LogP contribution in [0.2, 0.25) is 0 Å². The highest BCUT2D eigenvalue weighted by Crippen LogP contribution is 2.56. The number of likely N-dealkylation sites (N-methyl/N-ethyl adjacent to an activating group) is 1. The minimum atomic E-state index is -3.00. The van der Waals surface area contributed by atoms with E-state index in [1.54, 1.807) is 37.3 Å². The van der Waals surface area contributed by atoms with Crippen molar-refractivity contribution in [2.24, 2.45) is 17.6 Å². The molecule has 0 spiro atoms. The lowest BCUT2D eigenvalue weighted by atomic mass is 9.54. The molecular weight excluding hydrogens is 612 g/mol. The molecule has 8 N–H and O–H groups in total. The number of amides is 1. The van der Waals surface area contributed by atoms with Gasteiger partial charge in [0, 0.05) is 35.7 Å². The number of non-ortho nitro benzene ring substituents is 1. The first-order valence-electron chi connectivity index (χ1n) is 14.7. The number of carbonyl (C=O) groups is 3. The molecule has 4 aliphatic rings. The van der Waals surface area contributed by atoms with Crippen molar-refractivity contribution in [3.63, 3.8) is 0 Å². The molecule has 0 aromatic heterocycles. The van der Waals surface area contributed by atoms with Crippen molar-refractivity contribution in [1.82, 2.24) is 4.90 Å². The molecule has 47 heavy (non-hydrogen) atoms. The predicted octanol–water partition coefficient (Wildman–Crippen LogP) is 2.19. The van der Waals surface area contributed by atoms with E-state index in [1.807, 2.05) is 6.08 Å². The van der Waals surface area contributed by atoms with Gasteiger partial charge in [0.15, 0.2) is 11.4 Å². The highest BCUT2D eigenvalue weighted by atomic mass is 16.6. The molecule has 1 saturated carbocycles. The minimum Gasteiger partial charge on any atom is -0.508 e. The molecule has 6 atom stereocenters. The number of hydrogen-bond donors (Lipinski definition) is 7. The fraction of sp³-hybridized carbons (Fsp3) is 0.303. The van der Waals surface area contributed by atoms with Gasteiger partial charge in [-0.25, -0.2) is 0 Å². The largest absolute Gasteiger partial charge is 0.508 e. The van der Waals surface area contributed by atoms with Gasteiger partial charge < -0.3 is 36.6 Å². The zero-order chi connectivity index (χ0) is 34.3. The number of benzene rings is 2. The van der Waals surface area contributed by atoms with Crippen LogP contribution in [0.1, 0.15) is 36.0 Å². The lowest BCUT2D eigenvalue weighted by molar-refractivity contribution is -0.384. The highest BCUT2D eigenvalue weighted by molar-refractivity contribution is 6.24. The standard InChI is InChI=1S/C33H32N4O10/c1-13-18-9-10-19(35-16-8-7-15(11-16)14-5-4-6-17(12-14)37(46)47)26(38)21(18)27(39)22-20(13)28(40)24-25(36(2)3)29(41)23(32(34)44)31(43)33(24,45)30(22)42/h4-7,9-13,20,24-25,28,35,38-40,43,45H,8H2,1-3H3,(H2,34,44)/t13-,20+,24+,25-,28-,33-/m0/s1. The Labute approximate surface area is 267 Å². The number of carbonyl (C=O) groups excluding carboxylic acids is 3. The van der Waals surface area contributed by atoms with Gasteiger partial charge in [-0.05, 0) is 48.9 Å². The van der Waals surface area contributed by atoms with Gasteiger partial charge in [-0.3, -0.25) is 29.4 Å². The number of nitrogens with two attached hydrogens (primary N) is 1. The van der Waals surface area contributed by atoms with Gasteiger partial charge in [-0.1, -0.05) is 31.2 Å². The summed E-state index contributed by atoms with van der Waals surface area (Å²) in [5.74, 6) is -9.64. The van der Waals surface area contributed by atoms with E-state index in [-0.39, 0.29) is 16.9 Å². The number of Topliss-reactive ketones (excluding diaryl/α,β-unsaturated/α-hetero) is 2. The molecule has 244 valence electrons. The summed E-state index contributed by atoms with van der Waals surface area (Å²) in [6.07, 6.45) is 2.30. The molecule has 14 nitrogen and oxygen atoms in total. The number of nitrogens with zero attached hydrogens (tertiary/aromatic N) is 2. The smallest absolute Gasteiger partial charge is 0.270 e. The Balaban J connectivity index is 1.42. The molecule has 1 amide bonds. The van der Waals surface area contributed by atoms with Crippen LogP contribution in [-0.2, 0) is 14.4 Å². The van der Waals surface area contributed by atoms with Crippen molar-refractivity contribution in [3.8, 4) is 5.75 Å². The first-order valence-corrected chi connectivity index (χ1v) is 14.7. The maximum absolute atomic E-state index is 14.2. The van der Waals surface area contributed by atoms with Crippen molar-refractivity contribution in [3.05, 3.63) is 98.0 Å². The van der Waals surface area contributed by atoms with Crippen LogP contribution in [0, 0.1) is 22.0 Å². The number of aromatic hydroxyl groups is 1. The van der Waals surface area contributed by atoms with Gasteiger partial charge in [0.1, 0.15) is 22.8 Å². The predicted molar refractivity (Wildman–Crippen MR) is 168 cm³/mol. The number of anilines is 1. The molecular formula is C33H32N4O10. The van der Waals surface area contributed by atoms with E-state index < -0.39 is 86.3 Å². The summed E-state index contributed by atoms with van der Waals surface area (Å²) < 4.78 is 0. The second kappa shape index (κ2) is 10.9.